The number of carboxylic acid groups (broad SMARTS) is 1. The molecule has 1 heterocycles. The highest BCUT2D eigenvalue weighted by Crippen LogP contribution is 2.34. The number of hydrogen-bond acceptors (Lipinski definition) is 4. The van der Waals surface area contributed by atoms with Gasteiger partial charge in [-0.3, -0.25) is 4.79 Å². The summed E-state index contributed by atoms with van der Waals surface area (Å²) < 4.78 is 5.01. The molecule has 1 aliphatic heterocycles. The van der Waals surface area contributed by atoms with Crippen LogP contribution in [-0.4, -0.2) is 35.4 Å². The predicted octanol–water partition coefficient (Wildman–Crippen LogP) is 0.723. The summed E-state index contributed by atoms with van der Waals surface area (Å²) in [5.74, 6) is -1.54. The van der Waals surface area contributed by atoms with Gasteiger partial charge in [0.1, 0.15) is 0 Å². The number of carbonyl (C=O) groups is 2. The first-order valence-electron chi connectivity index (χ1n) is 5.31. The van der Waals surface area contributed by atoms with Crippen molar-refractivity contribution in [3.8, 4) is 0 Å². The minimum absolute atomic E-state index is 0.168. The molecule has 5 nitrogen and oxygen atoms in total. The van der Waals surface area contributed by atoms with Gasteiger partial charge in [0.15, 0.2) is 0 Å². The Labute approximate surface area is 93.7 Å². The molecule has 0 aliphatic carbocycles. The highest BCUT2D eigenvalue weighted by molar-refractivity contribution is 5.84. The second kappa shape index (κ2) is 5.65. The number of esters is 1. The minimum Gasteiger partial charge on any atom is -0.478 e. The standard InChI is InChI=1S/C11H16O5/c12-7-6-11(5-3-9(13)14)4-1-2-8-16-10(11)15/h3,5,12H,1-2,4,6-8H2,(H,13,14). The number of carboxylic acids is 1. The van der Waals surface area contributed by atoms with E-state index in [2.05, 4.69) is 0 Å². The van der Waals surface area contributed by atoms with Gasteiger partial charge in [0.2, 0.25) is 0 Å². The first kappa shape index (κ1) is 12.7. The zero-order chi connectivity index (χ0) is 12.0. The number of aliphatic carboxylic acids is 1. The second-order valence-corrected chi connectivity index (χ2v) is 3.89. The first-order valence-corrected chi connectivity index (χ1v) is 5.31. The van der Waals surface area contributed by atoms with Crippen molar-refractivity contribution in [1.29, 1.82) is 0 Å². The minimum atomic E-state index is -1.10. The van der Waals surface area contributed by atoms with E-state index in [0.29, 0.717) is 13.0 Å². The van der Waals surface area contributed by atoms with Gasteiger partial charge in [0, 0.05) is 12.7 Å². The second-order valence-electron chi connectivity index (χ2n) is 3.89. The van der Waals surface area contributed by atoms with Crippen molar-refractivity contribution in [2.75, 3.05) is 13.2 Å². The summed E-state index contributed by atoms with van der Waals surface area (Å²) in [7, 11) is 0. The molecule has 1 saturated heterocycles. The van der Waals surface area contributed by atoms with Crippen LogP contribution in [0.5, 0.6) is 0 Å². The lowest BCUT2D eigenvalue weighted by Crippen LogP contribution is -2.31. The van der Waals surface area contributed by atoms with Crippen LogP contribution in [0.1, 0.15) is 25.7 Å². The van der Waals surface area contributed by atoms with E-state index in [1.54, 1.807) is 0 Å². The molecule has 1 rings (SSSR count). The van der Waals surface area contributed by atoms with Gasteiger partial charge >= 0.3 is 11.9 Å². The third-order valence-corrected chi connectivity index (χ3v) is 2.76. The van der Waals surface area contributed by atoms with Gasteiger partial charge in [-0.1, -0.05) is 6.08 Å². The Balaban J connectivity index is 2.91. The normalized spacial score (nSPS) is 26.4. The first-order chi connectivity index (χ1) is 7.60. The van der Waals surface area contributed by atoms with Gasteiger partial charge in [-0.15, -0.1) is 0 Å². The SMILES string of the molecule is O=C(O)C=CC1(CCO)CCCCOC1=O. The van der Waals surface area contributed by atoms with Crippen LogP contribution in [0.3, 0.4) is 0 Å². The summed E-state index contributed by atoms with van der Waals surface area (Å²) in [6, 6.07) is 0. The monoisotopic (exact) mass is 228 g/mol. The number of ether oxygens (including phenoxy) is 1. The van der Waals surface area contributed by atoms with Crippen molar-refractivity contribution in [1.82, 2.24) is 0 Å². The van der Waals surface area contributed by atoms with Gasteiger partial charge in [-0.2, -0.15) is 0 Å². The average Bonchev–Trinajstić information content (AvgIpc) is 2.40. The zero-order valence-corrected chi connectivity index (χ0v) is 9.02. The van der Waals surface area contributed by atoms with E-state index in [-0.39, 0.29) is 13.0 Å². The van der Waals surface area contributed by atoms with E-state index in [1.807, 2.05) is 0 Å². The fraction of sp³-hybridized carbons (Fsp3) is 0.636. The van der Waals surface area contributed by atoms with Gasteiger partial charge in [0.05, 0.1) is 12.0 Å². The Bertz CT molecular complexity index is 297. The summed E-state index contributed by atoms with van der Waals surface area (Å²) in [5, 5.41) is 17.6. The number of aliphatic hydroxyl groups excluding tert-OH is 1. The quantitative estimate of drug-likeness (QED) is 0.547. The number of aliphatic hydroxyl groups is 1. The van der Waals surface area contributed by atoms with Gasteiger partial charge < -0.3 is 14.9 Å². The van der Waals surface area contributed by atoms with E-state index in [4.69, 9.17) is 14.9 Å². The van der Waals surface area contributed by atoms with Gasteiger partial charge in [-0.05, 0) is 25.7 Å². The maximum atomic E-state index is 11.8. The Morgan fingerprint density at radius 1 is 1.50 bits per heavy atom. The molecule has 5 heteroatoms. The fourth-order valence-corrected chi connectivity index (χ4v) is 1.85. The fourth-order valence-electron chi connectivity index (χ4n) is 1.85. The van der Waals surface area contributed by atoms with Crippen LogP contribution < -0.4 is 0 Å². The number of rotatable bonds is 4. The van der Waals surface area contributed by atoms with Crippen molar-refractivity contribution < 1.29 is 24.5 Å². The van der Waals surface area contributed by atoms with Crippen LogP contribution >= 0.6 is 0 Å². The summed E-state index contributed by atoms with van der Waals surface area (Å²) >= 11 is 0. The van der Waals surface area contributed by atoms with Crippen LogP contribution in [0.15, 0.2) is 12.2 Å². The van der Waals surface area contributed by atoms with Crippen LogP contribution in [0.2, 0.25) is 0 Å². The predicted molar refractivity (Wildman–Crippen MR) is 55.7 cm³/mol. The molecule has 0 radical (unpaired) electrons. The largest absolute Gasteiger partial charge is 0.478 e. The van der Waals surface area contributed by atoms with Crippen LogP contribution in [0.25, 0.3) is 0 Å². The molecule has 16 heavy (non-hydrogen) atoms. The zero-order valence-electron chi connectivity index (χ0n) is 9.02. The maximum absolute atomic E-state index is 11.8. The molecule has 0 spiro atoms. The molecule has 1 atom stereocenters. The highest BCUT2D eigenvalue weighted by Gasteiger charge is 2.38. The molecule has 2 N–H and O–H groups in total. The van der Waals surface area contributed by atoms with Crippen molar-refractivity contribution >= 4 is 11.9 Å². The van der Waals surface area contributed by atoms with Crippen molar-refractivity contribution in [3.05, 3.63) is 12.2 Å². The Kier molecular flexibility index (Phi) is 4.49. The van der Waals surface area contributed by atoms with E-state index in [1.165, 1.54) is 6.08 Å². The topological polar surface area (TPSA) is 83.8 Å². The van der Waals surface area contributed by atoms with E-state index >= 15 is 0 Å². The lowest BCUT2D eigenvalue weighted by atomic mass is 9.80. The summed E-state index contributed by atoms with van der Waals surface area (Å²) in [6.07, 6.45) is 4.59. The van der Waals surface area contributed by atoms with Crippen molar-refractivity contribution in [2.24, 2.45) is 5.41 Å². The molecule has 0 aromatic carbocycles. The van der Waals surface area contributed by atoms with E-state index in [9.17, 15) is 9.59 Å². The number of cyclic esters (lactones) is 1. The molecule has 0 aromatic heterocycles. The molecular weight excluding hydrogens is 212 g/mol. The molecule has 0 bridgehead atoms. The van der Waals surface area contributed by atoms with Crippen LogP contribution in [-0.2, 0) is 14.3 Å². The summed E-state index contributed by atoms with van der Waals surface area (Å²) in [4.78, 5) is 22.2. The molecule has 0 aromatic rings. The lowest BCUT2D eigenvalue weighted by Gasteiger charge is -2.25. The molecule has 1 fully saturated rings. The van der Waals surface area contributed by atoms with Crippen LogP contribution in [0.4, 0.5) is 0 Å². The van der Waals surface area contributed by atoms with E-state index in [0.717, 1.165) is 18.9 Å². The average molecular weight is 228 g/mol. The van der Waals surface area contributed by atoms with Gasteiger partial charge in [-0.25, -0.2) is 4.79 Å². The Hall–Kier alpha value is -1.36. The molecule has 0 amide bonds. The molecular formula is C11H16O5. The maximum Gasteiger partial charge on any atom is 0.328 e. The summed E-state index contributed by atoms with van der Waals surface area (Å²) in [6.45, 7) is 0.200. The molecule has 1 aliphatic rings. The molecule has 1 unspecified atom stereocenters. The highest BCUT2D eigenvalue weighted by atomic mass is 16.5. The number of carbonyl (C=O) groups excluding carboxylic acids is 1. The van der Waals surface area contributed by atoms with Crippen molar-refractivity contribution in [3.63, 3.8) is 0 Å². The van der Waals surface area contributed by atoms with Gasteiger partial charge in [0.25, 0.3) is 0 Å². The van der Waals surface area contributed by atoms with Crippen molar-refractivity contribution in [2.45, 2.75) is 25.7 Å². The smallest absolute Gasteiger partial charge is 0.328 e. The Morgan fingerprint density at radius 3 is 2.88 bits per heavy atom. The lowest BCUT2D eigenvalue weighted by molar-refractivity contribution is -0.152. The molecule has 0 saturated carbocycles. The molecule has 90 valence electrons. The third kappa shape index (κ3) is 3.06. The summed E-state index contributed by atoms with van der Waals surface area (Å²) in [5.41, 5.74) is -0.969. The number of hydrogen-bond donors (Lipinski definition) is 2. The third-order valence-electron chi connectivity index (χ3n) is 2.76. The Morgan fingerprint density at radius 2 is 2.25 bits per heavy atom. The van der Waals surface area contributed by atoms with E-state index < -0.39 is 17.4 Å². The van der Waals surface area contributed by atoms with Crippen LogP contribution in [0, 0.1) is 5.41 Å².